The molecule has 0 bridgehead atoms. The summed E-state index contributed by atoms with van der Waals surface area (Å²) in [6.07, 6.45) is 1.14. The number of hydrogen-bond acceptors (Lipinski definition) is 8. The molecule has 1 aromatic heterocycles. The maximum Gasteiger partial charge on any atom is 0.262 e. The van der Waals surface area contributed by atoms with Gasteiger partial charge in [0.2, 0.25) is 0 Å². The van der Waals surface area contributed by atoms with Crippen molar-refractivity contribution >= 4 is 20.7 Å². The Labute approximate surface area is 201 Å². The second kappa shape index (κ2) is 9.77. The van der Waals surface area contributed by atoms with E-state index < -0.39 is 9.84 Å². The Morgan fingerprint density at radius 3 is 2.29 bits per heavy atom. The summed E-state index contributed by atoms with van der Waals surface area (Å²) in [6.45, 7) is -0.0875. The topological polar surface area (TPSA) is 128 Å². The largest absolute Gasteiger partial charge is 0.497 e. The number of sulfone groups is 1. The van der Waals surface area contributed by atoms with E-state index in [1.54, 1.807) is 42.5 Å². The highest BCUT2D eigenvalue weighted by atomic mass is 32.2. The van der Waals surface area contributed by atoms with Crippen LogP contribution in [0.15, 0.2) is 64.3 Å². The summed E-state index contributed by atoms with van der Waals surface area (Å²) in [5, 5.41) is 9.50. The smallest absolute Gasteiger partial charge is 0.262 e. The van der Waals surface area contributed by atoms with Crippen LogP contribution in [0.3, 0.4) is 0 Å². The van der Waals surface area contributed by atoms with Gasteiger partial charge >= 0.3 is 0 Å². The van der Waals surface area contributed by atoms with Gasteiger partial charge in [0.25, 0.3) is 5.56 Å². The molecule has 4 rings (SSSR count). The lowest BCUT2D eigenvalue weighted by atomic mass is 10.0. The number of fused-ring (bicyclic) bond motifs is 1. The first-order valence-electron chi connectivity index (χ1n) is 10.6. The van der Waals surface area contributed by atoms with E-state index in [1.807, 2.05) is 0 Å². The Bertz CT molecular complexity index is 1550. The minimum absolute atomic E-state index is 0.0818. The lowest BCUT2D eigenvalue weighted by molar-refractivity contribution is 0.202. The van der Waals surface area contributed by atoms with Gasteiger partial charge in [-0.15, -0.1) is 0 Å². The predicted molar refractivity (Wildman–Crippen MR) is 132 cm³/mol. The second-order valence-corrected chi connectivity index (χ2v) is 9.73. The quantitative estimate of drug-likeness (QED) is 0.381. The molecule has 35 heavy (non-hydrogen) atoms. The highest BCUT2D eigenvalue weighted by Gasteiger charge is 2.16. The fourth-order valence-electron chi connectivity index (χ4n) is 3.69. The van der Waals surface area contributed by atoms with Crippen LogP contribution >= 0.6 is 0 Å². The van der Waals surface area contributed by atoms with E-state index in [9.17, 15) is 18.3 Å². The van der Waals surface area contributed by atoms with E-state index in [1.165, 1.54) is 26.4 Å². The summed E-state index contributed by atoms with van der Waals surface area (Å²) in [4.78, 5) is 20.5. The average molecular weight is 497 g/mol. The number of benzene rings is 3. The fraction of sp³-hybridized carbons (Fsp3) is 0.200. The first kappa shape index (κ1) is 24.2. The third-order valence-corrected chi connectivity index (χ3v) is 6.53. The van der Waals surface area contributed by atoms with Crippen LogP contribution in [0.1, 0.15) is 0 Å². The third kappa shape index (κ3) is 4.98. The van der Waals surface area contributed by atoms with Gasteiger partial charge in [0.15, 0.2) is 9.84 Å². The van der Waals surface area contributed by atoms with Gasteiger partial charge in [-0.1, -0.05) is 12.1 Å². The van der Waals surface area contributed by atoms with Gasteiger partial charge in [-0.25, -0.2) is 13.4 Å². The van der Waals surface area contributed by atoms with E-state index >= 15 is 0 Å². The maximum absolute atomic E-state index is 12.9. The molecule has 9 nitrogen and oxygen atoms in total. The average Bonchev–Trinajstić information content (AvgIpc) is 2.86. The number of nitrogens with zero attached hydrogens (tertiary/aromatic N) is 1. The number of methoxy groups -OCH3 is 2. The number of hydrogen-bond donors (Lipinski definition) is 2. The van der Waals surface area contributed by atoms with Crippen molar-refractivity contribution in [1.29, 1.82) is 0 Å². The summed E-state index contributed by atoms with van der Waals surface area (Å²) in [6, 6.07) is 14.9. The number of ether oxygens (including phenoxy) is 3. The highest BCUT2D eigenvalue weighted by Crippen LogP contribution is 2.35. The maximum atomic E-state index is 12.9. The van der Waals surface area contributed by atoms with Crippen molar-refractivity contribution in [1.82, 2.24) is 9.97 Å². The molecule has 0 radical (unpaired) electrons. The molecule has 3 aromatic carbocycles. The number of aromatic nitrogens is 2. The van der Waals surface area contributed by atoms with Crippen molar-refractivity contribution in [3.05, 3.63) is 65.0 Å². The Morgan fingerprint density at radius 1 is 0.943 bits per heavy atom. The Morgan fingerprint density at radius 2 is 1.66 bits per heavy atom. The van der Waals surface area contributed by atoms with E-state index in [2.05, 4.69) is 9.97 Å². The lowest BCUT2D eigenvalue weighted by Gasteiger charge is -2.14. The first-order chi connectivity index (χ1) is 16.7. The van der Waals surface area contributed by atoms with Crippen LogP contribution in [0.4, 0.5) is 0 Å². The number of rotatable bonds is 8. The van der Waals surface area contributed by atoms with Crippen LogP contribution in [0, 0.1) is 0 Å². The molecule has 10 heteroatoms. The third-order valence-electron chi connectivity index (χ3n) is 5.40. The summed E-state index contributed by atoms with van der Waals surface area (Å²) < 4.78 is 40.0. The molecule has 0 saturated heterocycles. The minimum Gasteiger partial charge on any atom is -0.497 e. The zero-order valence-corrected chi connectivity index (χ0v) is 20.2. The molecule has 0 aliphatic heterocycles. The Hall–Kier alpha value is -3.89. The SMILES string of the molecule is COc1cc(OC)c2c(=O)[nH]c(-c3ccc(OCCO)c(-c4ccc(S(C)(=O)=O)cc4)c3)nc2c1. The molecule has 0 atom stereocenters. The Balaban J connectivity index is 1.87. The van der Waals surface area contributed by atoms with Crippen LogP contribution in [-0.4, -0.2) is 57.2 Å². The molecule has 4 aromatic rings. The normalized spacial score (nSPS) is 11.4. The van der Waals surface area contributed by atoms with Crippen molar-refractivity contribution in [3.8, 4) is 39.8 Å². The van der Waals surface area contributed by atoms with Gasteiger partial charge in [0, 0.05) is 29.5 Å². The number of aromatic amines is 1. The van der Waals surface area contributed by atoms with E-state index in [0.29, 0.717) is 50.7 Å². The predicted octanol–water partition coefficient (Wildman–Crippen LogP) is 3.05. The molecular weight excluding hydrogens is 472 g/mol. The molecule has 0 spiro atoms. The molecule has 0 amide bonds. The fourth-order valence-corrected chi connectivity index (χ4v) is 4.32. The molecule has 2 N–H and O–H groups in total. The molecule has 1 heterocycles. The molecule has 0 fully saturated rings. The number of nitrogens with one attached hydrogen (secondary N) is 1. The van der Waals surface area contributed by atoms with Gasteiger partial charge in [0.05, 0.1) is 31.2 Å². The summed E-state index contributed by atoms with van der Waals surface area (Å²) in [5.74, 6) is 1.65. The number of aliphatic hydroxyl groups is 1. The zero-order chi connectivity index (χ0) is 25.2. The zero-order valence-electron chi connectivity index (χ0n) is 19.4. The van der Waals surface area contributed by atoms with Gasteiger partial charge in [-0.05, 0) is 35.9 Å². The van der Waals surface area contributed by atoms with Gasteiger partial charge < -0.3 is 24.3 Å². The summed E-state index contributed by atoms with van der Waals surface area (Å²) >= 11 is 0. The van der Waals surface area contributed by atoms with Crippen molar-refractivity contribution in [2.75, 3.05) is 33.7 Å². The van der Waals surface area contributed by atoms with Crippen LogP contribution in [0.2, 0.25) is 0 Å². The summed E-state index contributed by atoms with van der Waals surface area (Å²) in [7, 11) is -0.368. The first-order valence-corrected chi connectivity index (χ1v) is 12.5. The van der Waals surface area contributed by atoms with Crippen LogP contribution in [-0.2, 0) is 9.84 Å². The Kier molecular flexibility index (Phi) is 6.77. The highest BCUT2D eigenvalue weighted by molar-refractivity contribution is 7.90. The molecule has 0 saturated carbocycles. The van der Waals surface area contributed by atoms with Crippen LogP contribution in [0.5, 0.6) is 17.2 Å². The monoisotopic (exact) mass is 496 g/mol. The van der Waals surface area contributed by atoms with Crippen molar-refractivity contribution in [3.63, 3.8) is 0 Å². The number of aliphatic hydroxyl groups excluding tert-OH is 1. The van der Waals surface area contributed by atoms with Crippen LogP contribution in [0.25, 0.3) is 33.4 Å². The molecule has 0 aliphatic rings. The van der Waals surface area contributed by atoms with E-state index in [0.717, 1.165) is 6.26 Å². The summed E-state index contributed by atoms with van der Waals surface area (Å²) in [5.41, 5.74) is 1.97. The van der Waals surface area contributed by atoms with E-state index in [4.69, 9.17) is 14.2 Å². The van der Waals surface area contributed by atoms with Crippen molar-refractivity contribution in [2.45, 2.75) is 4.90 Å². The molecule has 182 valence electrons. The minimum atomic E-state index is -3.35. The molecular formula is C25H24N2O7S. The van der Waals surface area contributed by atoms with Crippen molar-refractivity contribution in [2.24, 2.45) is 0 Å². The number of H-pyrrole nitrogens is 1. The molecule has 0 aliphatic carbocycles. The van der Waals surface area contributed by atoms with Gasteiger partial charge in [-0.3, -0.25) is 4.79 Å². The standard InChI is InChI=1S/C25H24N2O7S/c1-32-17-13-20-23(22(14-17)33-2)25(29)27-24(26-20)16-6-9-21(34-11-10-28)19(12-16)15-4-7-18(8-5-15)35(3,30)31/h4-9,12-14,28H,10-11H2,1-3H3,(H,26,27,29). The second-order valence-electron chi connectivity index (χ2n) is 7.72. The van der Waals surface area contributed by atoms with E-state index in [-0.39, 0.29) is 23.7 Å². The van der Waals surface area contributed by atoms with Gasteiger partial charge in [-0.2, -0.15) is 0 Å². The van der Waals surface area contributed by atoms with Crippen LogP contribution < -0.4 is 19.8 Å². The lowest BCUT2D eigenvalue weighted by Crippen LogP contribution is -2.11. The van der Waals surface area contributed by atoms with Crippen molar-refractivity contribution < 1.29 is 27.7 Å². The van der Waals surface area contributed by atoms with Gasteiger partial charge in [0.1, 0.15) is 35.1 Å². The molecule has 0 unspecified atom stereocenters.